The van der Waals surface area contributed by atoms with Gasteiger partial charge in [0.2, 0.25) is 0 Å². The van der Waals surface area contributed by atoms with Gasteiger partial charge in [-0.2, -0.15) is 0 Å². The van der Waals surface area contributed by atoms with Gasteiger partial charge in [0, 0.05) is 20.2 Å². The fourth-order valence-electron chi connectivity index (χ4n) is 1.40. The van der Waals surface area contributed by atoms with Gasteiger partial charge in [0.05, 0.1) is 20.8 Å². The zero-order valence-electron chi connectivity index (χ0n) is 10.1. The molecule has 0 bridgehead atoms. The van der Waals surface area contributed by atoms with Crippen molar-refractivity contribution >= 4 is 0 Å². The molecule has 0 amide bonds. The minimum Gasteiger partial charge on any atom is -0.493 e. The van der Waals surface area contributed by atoms with E-state index in [0.717, 1.165) is 30.2 Å². The zero-order valence-corrected chi connectivity index (χ0v) is 10.1. The lowest BCUT2D eigenvalue weighted by atomic mass is 10.2. The second kappa shape index (κ2) is 7.09. The first-order valence-electron chi connectivity index (χ1n) is 5.22. The lowest BCUT2D eigenvalue weighted by Crippen LogP contribution is -2.18. The van der Waals surface area contributed by atoms with Gasteiger partial charge in [-0.15, -0.1) is 0 Å². The van der Waals surface area contributed by atoms with Crippen LogP contribution in [0.2, 0.25) is 0 Å². The van der Waals surface area contributed by atoms with Gasteiger partial charge in [-0.3, -0.25) is 0 Å². The van der Waals surface area contributed by atoms with Gasteiger partial charge < -0.3 is 19.5 Å². The molecule has 4 heteroatoms. The molecule has 16 heavy (non-hydrogen) atoms. The first kappa shape index (κ1) is 12.8. The molecule has 1 aromatic rings. The van der Waals surface area contributed by atoms with Crippen LogP contribution in [-0.2, 0) is 11.3 Å². The second-order valence-electron chi connectivity index (χ2n) is 3.36. The summed E-state index contributed by atoms with van der Waals surface area (Å²) >= 11 is 0. The maximum atomic E-state index is 5.23. The van der Waals surface area contributed by atoms with Crippen LogP contribution < -0.4 is 14.8 Å². The van der Waals surface area contributed by atoms with Crippen molar-refractivity contribution in [2.75, 3.05) is 34.5 Å². The molecule has 0 spiro atoms. The summed E-state index contributed by atoms with van der Waals surface area (Å²) in [5.41, 5.74) is 1.16. The summed E-state index contributed by atoms with van der Waals surface area (Å²) in [7, 11) is 4.96. The van der Waals surface area contributed by atoms with Crippen molar-refractivity contribution in [1.29, 1.82) is 0 Å². The first-order valence-corrected chi connectivity index (χ1v) is 5.22. The second-order valence-corrected chi connectivity index (χ2v) is 3.36. The van der Waals surface area contributed by atoms with Crippen LogP contribution in [0.4, 0.5) is 0 Å². The Labute approximate surface area is 96.5 Å². The number of nitrogens with one attached hydrogen (secondary N) is 1. The molecule has 4 nitrogen and oxygen atoms in total. The monoisotopic (exact) mass is 225 g/mol. The number of rotatable bonds is 7. The van der Waals surface area contributed by atoms with E-state index in [0.29, 0.717) is 6.61 Å². The van der Waals surface area contributed by atoms with E-state index in [4.69, 9.17) is 14.2 Å². The summed E-state index contributed by atoms with van der Waals surface area (Å²) in [6, 6.07) is 5.89. The lowest BCUT2D eigenvalue weighted by Gasteiger charge is -2.10. The number of hydrogen-bond acceptors (Lipinski definition) is 4. The molecule has 1 aromatic carbocycles. The summed E-state index contributed by atoms with van der Waals surface area (Å²) < 4.78 is 15.3. The van der Waals surface area contributed by atoms with E-state index in [1.165, 1.54) is 0 Å². The van der Waals surface area contributed by atoms with Crippen LogP contribution in [-0.4, -0.2) is 34.5 Å². The molecule has 0 aliphatic rings. The Hall–Kier alpha value is -1.26. The van der Waals surface area contributed by atoms with Crippen molar-refractivity contribution < 1.29 is 14.2 Å². The molecule has 0 unspecified atom stereocenters. The SMILES string of the molecule is COCCNCc1ccc(OC)c(OC)c1. The number of ether oxygens (including phenoxy) is 3. The molecule has 0 radical (unpaired) electrons. The van der Waals surface area contributed by atoms with Crippen molar-refractivity contribution in [3.05, 3.63) is 23.8 Å². The van der Waals surface area contributed by atoms with Crippen molar-refractivity contribution in [2.45, 2.75) is 6.54 Å². The average Bonchev–Trinajstić information content (AvgIpc) is 2.34. The molecule has 0 atom stereocenters. The molecule has 1 rings (SSSR count). The van der Waals surface area contributed by atoms with Crippen LogP contribution in [0.25, 0.3) is 0 Å². The average molecular weight is 225 g/mol. The Morgan fingerprint density at radius 2 is 1.81 bits per heavy atom. The third-order valence-electron chi connectivity index (χ3n) is 2.26. The Bertz CT molecular complexity index is 315. The molecule has 0 heterocycles. The molecule has 0 fully saturated rings. The molecular formula is C12H19NO3. The van der Waals surface area contributed by atoms with Gasteiger partial charge in [0.15, 0.2) is 11.5 Å². The maximum Gasteiger partial charge on any atom is 0.161 e. The fraction of sp³-hybridized carbons (Fsp3) is 0.500. The third-order valence-corrected chi connectivity index (χ3v) is 2.26. The maximum absolute atomic E-state index is 5.23. The number of benzene rings is 1. The summed E-state index contributed by atoms with van der Waals surface area (Å²) in [6.07, 6.45) is 0. The quantitative estimate of drug-likeness (QED) is 0.713. The lowest BCUT2D eigenvalue weighted by molar-refractivity contribution is 0.199. The number of hydrogen-bond donors (Lipinski definition) is 1. The molecule has 0 aliphatic carbocycles. The van der Waals surface area contributed by atoms with E-state index in [9.17, 15) is 0 Å². The van der Waals surface area contributed by atoms with Gasteiger partial charge in [0.1, 0.15) is 0 Å². The zero-order chi connectivity index (χ0) is 11.8. The minimum absolute atomic E-state index is 0.716. The molecule has 1 N–H and O–H groups in total. The smallest absolute Gasteiger partial charge is 0.161 e. The van der Waals surface area contributed by atoms with Crippen molar-refractivity contribution in [1.82, 2.24) is 5.32 Å². The Kier molecular flexibility index (Phi) is 5.67. The van der Waals surface area contributed by atoms with Crippen molar-refractivity contribution in [2.24, 2.45) is 0 Å². The van der Waals surface area contributed by atoms with Crippen LogP contribution in [0.1, 0.15) is 5.56 Å². The fourth-order valence-corrected chi connectivity index (χ4v) is 1.40. The first-order chi connectivity index (χ1) is 7.81. The van der Waals surface area contributed by atoms with E-state index < -0.39 is 0 Å². The van der Waals surface area contributed by atoms with E-state index >= 15 is 0 Å². The van der Waals surface area contributed by atoms with Gasteiger partial charge in [-0.05, 0) is 17.7 Å². The van der Waals surface area contributed by atoms with E-state index in [-0.39, 0.29) is 0 Å². The summed E-state index contributed by atoms with van der Waals surface area (Å²) in [5.74, 6) is 1.51. The van der Waals surface area contributed by atoms with Crippen LogP contribution in [0.5, 0.6) is 11.5 Å². The van der Waals surface area contributed by atoms with E-state index in [1.807, 2.05) is 18.2 Å². The topological polar surface area (TPSA) is 39.7 Å². The van der Waals surface area contributed by atoms with Crippen LogP contribution in [0.15, 0.2) is 18.2 Å². The van der Waals surface area contributed by atoms with Gasteiger partial charge in [-0.25, -0.2) is 0 Å². The molecular weight excluding hydrogens is 206 g/mol. The standard InChI is InChI=1S/C12H19NO3/c1-14-7-6-13-9-10-4-5-11(15-2)12(8-10)16-3/h4-5,8,13H,6-7,9H2,1-3H3. The van der Waals surface area contributed by atoms with Crippen LogP contribution >= 0.6 is 0 Å². The normalized spacial score (nSPS) is 10.2. The highest BCUT2D eigenvalue weighted by Crippen LogP contribution is 2.27. The molecule has 0 saturated carbocycles. The van der Waals surface area contributed by atoms with Gasteiger partial charge in [-0.1, -0.05) is 6.07 Å². The number of methoxy groups -OCH3 is 3. The molecule has 0 saturated heterocycles. The highest BCUT2D eigenvalue weighted by molar-refractivity contribution is 5.42. The van der Waals surface area contributed by atoms with Gasteiger partial charge in [0.25, 0.3) is 0 Å². The summed E-state index contributed by atoms with van der Waals surface area (Å²) in [4.78, 5) is 0. The predicted molar refractivity (Wildman–Crippen MR) is 63.1 cm³/mol. The summed E-state index contributed by atoms with van der Waals surface area (Å²) in [5, 5.41) is 3.27. The Morgan fingerprint density at radius 1 is 1.06 bits per heavy atom. The predicted octanol–water partition coefficient (Wildman–Crippen LogP) is 1.44. The third kappa shape index (κ3) is 3.72. The van der Waals surface area contributed by atoms with E-state index in [2.05, 4.69) is 5.32 Å². The molecule has 0 aliphatic heterocycles. The highest BCUT2D eigenvalue weighted by atomic mass is 16.5. The van der Waals surface area contributed by atoms with Crippen LogP contribution in [0.3, 0.4) is 0 Å². The Balaban J connectivity index is 2.54. The highest BCUT2D eigenvalue weighted by Gasteiger charge is 2.03. The minimum atomic E-state index is 0.716. The van der Waals surface area contributed by atoms with Crippen LogP contribution in [0, 0.1) is 0 Å². The Morgan fingerprint density at radius 3 is 2.44 bits per heavy atom. The largest absolute Gasteiger partial charge is 0.493 e. The van der Waals surface area contributed by atoms with Gasteiger partial charge >= 0.3 is 0 Å². The molecule has 0 aromatic heterocycles. The summed E-state index contributed by atoms with van der Waals surface area (Å²) in [6.45, 7) is 2.35. The van der Waals surface area contributed by atoms with Crippen molar-refractivity contribution in [3.8, 4) is 11.5 Å². The van der Waals surface area contributed by atoms with Crippen molar-refractivity contribution in [3.63, 3.8) is 0 Å². The van der Waals surface area contributed by atoms with E-state index in [1.54, 1.807) is 21.3 Å². The molecule has 90 valence electrons.